The number of fused-ring (bicyclic) bond motifs is 3. The molecule has 0 atom stereocenters. The Morgan fingerprint density at radius 1 is 1.40 bits per heavy atom. The third-order valence-electron chi connectivity index (χ3n) is 2.76. The summed E-state index contributed by atoms with van der Waals surface area (Å²) in [5.74, 6) is 0. The van der Waals surface area contributed by atoms with Crippen molar-refractivity contribution in [2.75, 3.05) is 19.0 Å². The first kappa shape index (κ1) is 8.97. The number of rotatable bonds is 1. The topological polar surface area (TPSA) is 31.9 Å². The molecule has 78 valence electrons. The number of aromatic amines is 1. The Labute approximate surface area is 92.8 Å². The van der Waals surface area contributed by atoms with Crippen LogP contribution in [0.5, 0.6) is 0 Å². The summed E-state index contributed by atoms with van der Waals surface area (Å²) in [6.07, 6.45) is 4.24. The van der Waals surface area contributed by atoms with Crippen molar-refractivity contribution in [3.8, 4) is 11.3 Å². The molecule has 0 amide bonds. The van der Waals surface area contributed by atoms with E-state index in [2.05, 4.69) is 20.9 Å². The molecule has 2 aromatic rings. The van der Waals surface area contributed by atoms with Crippen LogP contribution in [0.2, 0.25) is 0 Å². The van der Waals surface area contributed by atoms with Crippen LogP contribution >= 0.6 is 11.3 Å². The minimum absolute atomic E-state index is 1.11. The predicted molar refractivity (Wildman–Crippen MR) is 63.6 cm³/mol. The SMILES string of the molecule is CN(C)c1nc2c(s1)CCc1[nH]ccc1-2. The largest absolute Gasteiger partial charge is 0.364 e. The first-order valence-corrected chi connectivity index (χ1v) is 5.91. The normalized spacial score (nSPS) is 13.5. The highest BCUT2D eigenvalue weighted by atomic mass is 32.1. The summed E-state index contributed by atoms with van der Waals surface area (Å²) >= 11 is 1.81. The molecule has 0 bridgehead atoms. The lowest BCUT2D eigenvalue weighted by Crippen LogP contribution is -2.07. The average molecular weight is 219 g/mol. The molecular formula is C11H13N3S. The summed E-state index contributed by atoms with van der Waals surface area (Å²) in [5.41, 5.74) is 3.81. The number of nitrogens with one attached hydrogen (secondary N) is 1. The van der Waals surface area contributed by atoms with Crippen LogP contribution in [0.25, 0.3) is 11.3 Å². The van der Waals surface area contributed by atoms with Gasteiger partial charge in [-0.2, -0.15) is 0 Å². The summed E-state index contributed by atoms with van der Waals surface area (Å²) in [6, 6.07) is 2.13. The van der Waals surface area contributed by atoms with Gasteiger partial charge in [-0.3, -0.25) is 0 Å². The van der Waals surface area contributed by atoms with Crippen molar-refractivity contribution in [3.05, 3.63) is 22.8 Å². The van der Waals surface area contributed by atoms with E-state index in [9.17, 15) is 0 Å². The Bertz CT molecular complexity index is 496. The van der Waals surface area contributed by atoms with Crippen LogP contribution in [-0.2, 0) is 12.8 Å². The Morgan fingerprint density at radius 2 is 2.27 bits per heavy atom. The van der Waals surface area contributed by atoms with E-state index in [4.69, 9.17) is 0 Å². The summed E-state index contributed by atoms with van der Waals surface area (Å²) in [4.78, 5) is 11.5. The highest BCUT2D eigenvalue weighted by Gasteiger charge is 2.21. The summed E-state index contributed by atoms with van der Waals surface area (Å²) in [5, 5.41) is 1.11. The molecule has 1 N–H and O–H groups in total. The Balaban J connectivity index is 2.16. The molecule has 0 radical (unpaired) electrons. The molecule has 1 aliphatic rings. The zero-order valence-corrected chi connectivity index (χ0v) is 9.69. The smallest absolute Gasteiger partial charge is 0.185 e. The molecular weight excluding hydrogens is 206 g/mol. The molecule has 0 saturated heterocycles. The number of H-pyrrole nitrogens is 1. The molecule has 2 aromatic heterocycles. The second kappa shape index (κ2) is 3.10. The van der Waals surface area contributed by atoms with E-state index >= 15 is 0 Å². The van der Waals surface area contributed by atoms with Gasteiger partial charge < -0.3 is 9.88 Å². The highest BCUT2D eigenvalue weighted by Crippen LogP contribution is 2.38. The number of nitrogens with zero attached hydrogens (tertiary/aromatic N) is 2. The second-order valence-corrected chi connectivity index (χ2v) is 5.09. The van der Waals surface area contributed by atoms with Crippen molar-refractivity contribution >= 4 is 16.5 Å². The molecule has 0 aliphatic heterocycles. The Morgan fingerprint density at radius 3 is 3.07 bits per heavy atom. The number of aryl methyl sites for hydroxylation is 2. The summed E-state index contributed by atoms with van der Waals surface area (Å²) < 4.78 is 0. The fraction of sp³-hybridized carbons (Fsp3) is 0.364. The van der Waals surface area contributed by atoms with Crippen LogP contribution in [0.15, 0.2) is 12.3 Å². The first-order chi connectivity index (χ1) is 7.25. The van der Waals surface area contributed by atoms with Gasteiger partial charge in [0.2, 0.25) is 0 Å². The van der Waals surface area contributed by atoms with Gasteiger partial charge in [0, 0.05) is 36.4 Å². The van der Waals surface area contributed by atoms with E-state index in [0.717, 1.165) is 18.0 Å². The van der Waals surface area contributed by atoms with Gasteiger partial charge >= 0.3 is 0 Å². The van der Waals surface area contributed by atoms with E-state index in [1.807, 2.05) is 31.6 Å². The van der Waals surface area contributed by atoms with Crippen molar-refractivity contribution < 1.29 is 0 Å². The molecule has 0 aromatic carbocycles. The Kier molecular flexibility index (Phi) is 1.85. The zero-order chi connectivity index (χ0) is 10.4. The fourth-order valence-electron chi connectivity index (χ4n) is 1.98. The van der Waals surface area contributed by atoms with E-state index < -0.39 is 0 Å². The average Bonchev–Trinajstić information content (AvgIpc) is 2.82. The van der Waals surface area contributed by atoms with Gasteiger partial charge in [0.05, 0.1) is 5.69 Å². The molecule has 4 heteroatoms. The van der Waals surface area contributed by atoms with Gasteiger partial charge in [-0.15, -0.1) is 11.3 Å². The third-order valence-corrected chi connectivity index (χ3v) is 4.04. The van der Waals surface area contributed by atoms with Crippen LogP contribution in [-0.4, -0.2) is 24.1 Å². The molecule has 3 nitrogen and oxygen atoms in total. The molecule has 0 spiro atoms. The van der Waals surface area contributed by atoms with Crippen molar-refractivity contribution in [2.24, 2.45) is 0 Å². The third kappa shape index (κ3) is 1.28. The first-order valence-electron chi connectivity index (χ1n) is 5.09. The van der Waals surface area contributed by atoms with Crippen LogP contribution in [0.4, 0.5) is 5.13 Å². The molecule has 0 unspecified atom stereocenters. The van der Waals surface area contributed by atoms with Crippen molar-refractivity contribution in [3.63, 3.8) is 0 Å². The van der Waals surface area contributed by atoms with Crippen LogP contribution in [0.3, 0.4) is 0 Å². The second-order valence-electron chi connectivity index (χ2n) is 4.03. The van der Waals surface area contributed by atoms with Crippen molar-refractivity contribution in [2.45, 2.75) is 12.8 Å². The van der Waals surface area contributed by atoms with Gasteiger partial charge in [0.25, 0.3) is 0 Å². The predicted octanol–water partition coefficient (Wildman–Crippen LogP) is 2.30. The summed E-state index contributed by atoms with van der Waals surface area (Å²) in [6.45, 7) is 0. The highest BCUT2D eigenvalue weighted by molar-refractivity contribution is 7.16. The van der Waals surface area contributed by atoms with Crippen LogP contribution in [0.1, 0.15) is 10.6 Å². The standard InChI is InChI=1S/C11H13N3S/c1-14(2)11-13-10-7-5-6-12-8(7)3-4-9(10)15-11/h5-6,12H,3-4H2,1-2H3. The maximum absolute atomic E-state index is 4.69. The molecule has 3 rings (SSSR count). The van der Waals surface area contributed by atoms with E-state index in [-0.39, 0.29) is 0 Å². The number of hydrogen-bond donors (Lipinski definition) is 1. The van der Waals surface area contributed by atoms with E-state index in [1.54, 1.807) is 0 Å². The minimum Gasteiger partial charge on any atom is -0.364 e. The molecule has 0 saturated carbocycles. The summed E-state index contributed by atoms with van der Waals surface area (Å²) in [7, 11) is 4.09. The minimum atomic E-state index is 1.11. The zero-order valence-electron chi connectivity index (χ0n) is 8.87. The van der Waals surface area contributed by atoms with Crippen LogP contribution < -0.4 is 4.90 Å². The van der Waals surface area contributed by atoms with E-state index in [0.29, 0.717) is 0 Å². The quantitative estimate of drug-likeness (QED) is 0.798. The molecule has 15 heavy (non-hydrogen) atoms. The number of hydrogen-bond acceptors (Lipinski definition) is 3. The van der Waals surface area contributed by atoms with Gasteiger partial charge in [-0.25, -0.2) is 4.98 Å². The van der Waals surface area contributed by atoms with Crippen molar-refractivity contribution in [1.29, 1.82) is 0 Å². The van der Waals surface area contributed by atoms with E-state index in [1.165, 1.54) is 21.8 Å². The van der Waals surface area contributed by atoms with Crippen molar-refractivity contribution in [1.82, 2.24) is 9.97 Å². The lowest BCUT2D eigenvalue weighted by atomic mass is 10.0. The van der Waals surface area contributed by atoms with Gasteiger partial charge in [-0.05, 0) is 18.9 Å². The number of thiazole rings is 1. The Hall–Kier alpha value is -1.29. The maximum atomic E-state index is 4.69. The van der Waals surface area contributed by atoms with Crippen LogP contribution in [0, 0.1) is 0 Å². The fourth-order valence-corrected chi connectivity index (χ4v) is 2.98. The monoisotopic (exact) mass is 219 g/mol. The lowest BCUT2D eigenvalue weighted by molar-refractivity contribution is 0.920. The number of aromatic nitrogens is 2. The molecule has 2 heterocycles. The molecule has 1 aliphatic carbocycles. The van der Waals surface area contributed by atoms with Gasteiger partial charge in [0.15, 0.2) is 5.13 Å². The molecule has 0 fully saturated rings. The van der Waals surface area contributed by atoms with Gasteiger partial charge in [-0.1, -0.05) is 0 Å². The lowest BCUT2D eigenvalue weighted by Gasteiger charge is -2.09. The van der Waals surface area contributed by atoms with Gasteiger partial charge in [0.1, 0.15) is 0 Å². The maximum Gasteiger partial charge on any atom is 0.185 e. The number of anilines is 1.